The molecule has 2 rings (SSSR count). The van der Waals surface area contributed by atoms with Gasteiger partial charge in [-0.05, 0) is 44.7 Å². The van der Waals surface area contributed by atoms with Crippen molar-refractivity contribution in [2.45, 2.75) is 58.3 Å². The third-order valence-corrected chi connectivity index (χ3v) is 4.71. The molecule has 0 saturated heterocycles. The first-order valence-electron chi connectivity index (χ1n) is 9.99. The summed E-state index contributed by atoms with van der Waals surface area (Å²) in [7, 11) is 1.30. The average molecular weight is 435 g/mol. The lowest BCUT2D eigenvalue weighted by Gasteiger charge is -2.36. The van der Waals surface area contributed by atoms with E-state index in [1.807, 2.05) is 6.92 Å². The van der Waals surface area contributed by atoms with Crippen molar-refractivity contribution in [3.05, 3.63) is 40.2 Å². The van der Waals surface area contributed by atoms with Gasteiger partial charge in [0.1, 0.15) is 11.8 Å². The number of aromatic nitrogens is 1. The predicted molar refractivity (Wildman–Crippen MR) is 112 cm³/mol. The maximum Gasteiger partial charge on any atom is 0.408 e. The second kappa shape index (κ2) is 10.3. The normalized spacial score (nSPS) is 21.1. The Hall–Kier alpha value is -3.01. The summed E-state index contributed by atoms with van der Waals surface area (Å²) >= 11 is 0. The van der Waals surface area contributed by atoms with Crippen molar-refractivity contribution in [1.82, 2.24) is 10.3 Å². The number of methoxy groups -OCH3 is 1. The molecule has 0 fully saturated rings. The summed E-state index contributed by atoms with van der Waals surface area (Å²) in [5.41, 5.74) is 0.343. The van der Waals surface area contributed by atoms with Gasteiger partial charge < -0.3 is 19.5 Å². The van der Waals surface area contributed by atoms with Crippen molar-refractivity contribution >= 4 is 23.3 Å². The van der Waals surface area contributed by atoms with Crippen LogP contribution in [0.5, 0.6) is 0 Å². The second-order valence-corrected chi connectivity index (χ2v) is 8.36. The van der Waals surface area contributed by atoms with Crippen LogP contribution in [0.4, 0.5) is 10.5 Å². The number of hydrogen-bond acceptors (Lipinski definition) is 8. The van der Waals surface area contributed by atoms with E-state index in [9.17, 15) is 19.7 Å². The number of nitro groups is 1. The summed E-state index contributed by atoms with van der Waals surface area (Å²) < 4.78 is 15.9. The van der Waals surface area contributed by atoms with E-state index in [0.717, 1.165) is 0 Å². The lowest BCUT2D eigenvalue weighted by atomic mass is 9.81. The molecule has 0 aromatic carbocycles. The highest BCUT2D eigenvalue weighted by Gasteiger charge is 2.35. The molecular formula is C21H29N3O7. The number of esters is 1. The second-order valence-electron chi connectivity index (χ2n) is 8.36. The van der Waals surface area contributed by atoms with Gasteiger partial charge in [0.25, 0.3) is 5.69 Å². The van der Waals surface area contributed by atoms with E-state index in [0.29, 0.717) is 17.6 Å². The minimum atomic E-state index is -0.692. The number of carbonyl (C=O) groups is 2. The number of nitrogens with one attached hydrogen (secondary N) is 1. The first-order valence-corrected chi connectivity index (χ1v) is 9.99. The standard InChI is InChI=1S/C21H29N3O7/c1-13-10-14(15-6-8-22-12-17(15)24(27)28)11-16(23-20(26)31-21(2,3)4)19(13)30-9-7-18(25)29-5/h6,8,11-13,16,19H,7,9-10H2,1-5H3,(H,23,26)/t13-,16+,19+/m0/s1. The number of pyridine rings is 1. The molecule has 1 aliphatic carbocycles. The molecule has 0 spiro atoms. The van der Waals surface area contributed by atoms with E-state index in [1.165, 1.54) is 19.5 Å². The Labute approximate surface area is 181 Å². The molecule has 1 aromatic rings. The summed E-state index contributed by atoms with van der Waals surface area (Å²) in [6.07, 6.45) is 3.91. The smallest absolute Gasteiger partial charge is 0.408 e. The Balaban J connectivity index is 2.32. The molecule has 0 saturated carbocycles. The van der Waals surface area contributed by atoms with Crippen LogP contribution in [0.15, 0.2) is 24.5 Å². The van der Waals surface area contributed by atoms with Crippen molar-refractivity contribution in [2.24, 2.45) is 5.92 Å². The van der Waals surface area contributed by atoms with Crippen molar-refractivity contribution in [3.8, 4) is 0 Å². The molecule has 1 amide bonds. The van der Waals surface area contributed by atoms with E-state index >= 15 is 0 Å². The van der Waals surface area contributed by atoms with Crippen LogP contribution in [-0.4, -0.2) is 53.4 Å². The van der Waals surface area contributed by atoms with Crippen LogP contribution >= 0.6 is 0 Å². The Bertz CT molecular complexity index is 848. The minimum Gasteiger partial charge on any atom is -0.469 e. The molecule has 1 heterocycles. The third kappa shape index (κ3) is 7.02. The maximum absolute atomic E-state index is 12.4. The number of hydrogen-bond donors (Lipinski definition) is 1. The molecule has 10 nitrogen and oxygen atoms in total. The van der Waals surface area contributed by atoms with E-state index in [-0.39, 0.29) is 24.6 Å². The van der Waals surface area contributed by atoms with E-state index in [2.05, 4.69) is 15.0 Å². The summed E-state index contributed by atoms with van der Waals surface area (Å²) in [6.45, 7) is 7.30. The number of alkyl carbamates (subject to hydrolysis) is 1. The lowest BCUT2D eigenvalue weighted by Crippen LogP contribution is -2.49. The first kappa shape index (κ1) is 24.3. The van der Waals surface area contributed by atoms with Crippen molar-refractivity contribution in [3.63, 3.8) is 0 Å². The van der Waals surface area contributed by atoms with E-state index < -0.39 is 34.7 Å². The summed E-state index contributed by atoms with van der Waals surface area (Å²) in [5.74, 6) is -0.505. The van der Waals surface area contributed by atoms with Crippen LogP contribution in [0.1, 0.15) is 46.1 Å². The molecule has 1 aliphatic rings. The van der Waals surface area contributed by atoms with Gasteiger partial charge in [-0.3, -0.25) is 19.9 Å². The molecule has 1 aromatic heterocycles. The largest absolute Gasteiger partial charge is 0.469 e. The van der Waals surface area contributed by atoms with Gasteiger partial charge >= 0.3 is 12.1 Å². The molecule has 0 unspecified atom stereocenters. The number of nitrogens with zero attached hydrogens (tertiary/aromatic N) is 2. The molecule has 0 aliphatic heterocycles. The predicted octanol–water partition coefficient (Wildman–Crippen LogP) is 3.25. The van der Waals surface area contributed by atoms with Gasteiger partial charge in [-0.25, -0.2) is 4.79 Å². The molecule has 10 heteroatoms. The molecule has 170 valence electrons. The van der Waals surface area contributed by atoms with Crippen LogP contribution in [0.2, 0.25) is 0 Å². The van der Waals surface area contributed by atoms with Crippen molar-refractivity contribution in [1.29, 1.82) is 0 Å². The minimum absolute atomic E-state index is 0.0747. The van der Waals surface area contributed by atoms with Crippen LogP contribution in [0, 0.1) is 16.0 Å². The highest BCUT2D eigenvalue weighted by molar-refractivity contribution is 5.75. The first-order chi connectivity index (χ1) is 14.5. The lowest BCUT2D eigenvalue weighted by molar-refractivity contribution is -0.385. The van der Waals surface area contributed by atoms with Crippen molar-refractivity contribution < 1.29 is 28.7 Å². The monoisotopic (exact) mass is 435 g/mol. The number of ether oxygens (including phenoxy) is 3. The number of amides is 1. The number of allylic oxidation sites excluding steroid dienone is 1. The molecule has 31 heavy (non-hydrogen) atoms. The number of carbonyl (C=O) groups excluding carboxylic acids is 2. The van der Waals surface area contributed by atoms with Gasteiger partial charge in [-0.1, -0.05) is 13.0 Å². The van der Waals surface area contributed by atoms with Crippen LogP contribution in [0.3, 0.4) is 0 Å². The molecule has 1 N–H and O–H groups in total. The van der Waals surface area contributed by atoms with E-state index in [4.69, 9.17) is 9.47 Å². The van der Waals surface area contributed by atoms with Crippen LogP contribution < -0.4 is 5.32 Å². The Morgan fingerprint density at radius 3 is 2.68 bits per heavy atom. The third-order valence-electron chi connectivity index (χ3n) is 4.71. The SMILES string of the molecule is COC(=O)CCO[C@@H]1[C@@H](C)CC(c2ccncc2[N+](=O)[O-])=C[C@H]1NC(=O)OC(C)(C)C. The van der Waals surface area contributed by atoms with Gasteiger partial charge in [0.2, 0.25) is 0 Å². The molecular weight excluding hydrogens is 406 g/mol. The summed E-state index contributed by atoms with van der Waals surface area (Å²) in [5, 5.41) is 14.2. The fourth-order valence-electron chi connectivity index (χ4n) is 3.42. The topological polar surface area (TPSA) is 130 Å². The quantitative estimate of drug-likeness (QED) is 0.392. The zero-order chi connectivity index (χ0) is 23.2. The Kier molecular flexibility index (Phi) is 8.09. The van der Waals surface area contributed by atoms with Crippen molar-refractivity contribution in [2.75, 3.05) is 13.7 Å². The fourth-order valence-corrected chi connectivity index (χ4v) is 3.42. The Morgan fingerprint density at radius 2 is 2.06 bits per heavy atom. The number of rotatable bonds is 7. The van der Waals surface area contributed by atoms with Gasteiger partial charge in [-0.2, -0.15) is 0 Å². The van der Waals surface area contributed by atoms with Crippen LogP contribution in [0.25, 0.3) is 5.57 Å². The van der Waals surface area contributed by atoms with E-state index in [1.54, 1.807) is 32.9 Å². The summed E-state index contributed by atoms with van der Waals surface area (Å²) in [4.78, 5) is 38.6. The fraction of sp³-hybridized carbons (Fsp3) is 0.571. The van der Waals surface area contributed by atoms with Gasteiger partial charge in [0.15, 0.2) is 0 Å². The van der Waals surface area contributed by atoms with Gasteiger partial charge in [-0.15, -0.1) is 0 Å². The average Bonchev–Trinajstić information content (AvgIpc) is 2.67. The van der Waals surface area contributed by atoms with Crippen LogP contribution in [-0.2, 0) is 19.0 Å². The summed E-state index contributed by atoms with van der Waals surface area (Å²) in [6, 6.07) is 0.971. The Morgan fingerprint density at radius 1 is 1.35 bits per heavy atom. The zero-order valence-electron chi connectivity index (χ0n) is 18.4. The zero-order valence-corrected chi connectivity index (χ0v) is 18.4. The maximum atomic E-state index is 12.4. The highest BCUT2D eigenvalue weighted by atomic mass is 16.6. The molecule has 3 atom stereocenters. The van der Waals surface area contributed by atoms with Gasteiger partial charge in [0.05, 0.1) is 42.8 Å². The van der Waals surface area contributed by atoms with Gasteiger partial charge in [0, 0.05) is 6.20 Å². The molecule has 0 bridgehead atoms. The molecule has 0 radical (unpaired) electrons. The highest BCUT2D eigenvalue weighted by Crippen LogP contribution is 2.36.